The number of thioether (sulfide) groups is 1. The first-order valence-corrected chi connectivity index (χ1v) is 8.32. The number of nitrogens with two attached hydrogens (primary N) is 1. The zero-order valence-corrected chi connectivity index (χ0v) is 14.0. The Morgan fingerprint density at radius 1 is 1.04 bits per heavy atom. The predicted octanol–water partition coefficient (Wildman–Crippen LogP) is 4.40. The summed E-state index contributed by atoms with van der Waals surface area (Å²) in [5, 5.41) is 9.70. The normalized spacial score (nSPS) is 10.9. The van der Waals surface area contributed by atoms with Gasteiger partial charge in [-0.05, 0) is 42.0 Å². The molecular formula is C15H11Cl2FN4S. The summed E-state index contributed by atoms with van der Waals surface area (Å²) >= 11 is 13.3. The molecule has 2 N–H and O–H groups in total. The Bertz CT molecular complexity index is 836. The first-order valence-electron chi connectivity index (χ1n) is 6.58. The third-order valence-electron chi connectivity index (χ3n) is 3.12. The smallest absolute Gasteiger partial charge is 0.210 e. The summed E-state index contributed by atoms with van der Waals surface area (Å²) in [6.07, 6.45) is 0. The molecule has 3 rings (SSSR count). The number of hydrogen-bond acceptors (Lipinski definition) is 4. The zero-order valence-electron chi connectivity index (χ0n) is 11.7. The molecular weight excluding hydrogens is 358 g/mol. The van der Waals surface area contributed by atoms with Gasteiger partial charge in [0.05, 0.1) is 10.0 Å². The van der Waals surface area contributed by atoms with Gasteiger partial charge in [0.1, 0.15) is 5.82 Å². The monoisotopic (exact) mass is 368 g/mol. The SMILES string of the molecule is Nn1c(SCc2ccc(Cl)c(Cl)c2)nnc1-c1ccc(F)cc1. The van der Waals surface area contributed by atoms with Crippen LogP contribution in [0.4, 0.5) is 4.39 Å². The third-order valence-corrected chi connectivity index (χ3v) is 4.87. The van der Waals surface area contributed by atoms with Crippen molar-refractivity contribution in [2.45, 2.75) is 10.9 Å². The largest absolute Gasteiger partial charge is 0.335 e. The van der Waals surface area contributed by atoms with Crippen molar-refractivity contribution >= 4 is 35.0 Å². The van der Waals surface area contributed by atoms with Gasteiger partial charge in [-0.3, -0.25) is 0 Å². The molecule has 0 radical (unpaired) electrons. The highest BCUT2D eigenvalue weighted by Gasteiger charge is 2.12. The first kappa shape index (κ1) is 16.1. The van der Waals surface area contributed by atoms with Gasteiger partial charge in [-0.25, -0.2) is 9.07 Å². The average molecular weight is 369 g/mol. The predicted molar refractivity (Wildman–Crippen MR) is 91.6 cm³/mol. The van der Waals surface area contributed by atoms with E-state index in [4.69, 9.17) is 29.0 Å². The van der Waals surface area contributed by atoms with Crippen molar-refractivity contribution in [2.24, 2.45) is 0 Å². The van der Waals surface area contributed by atoms with Gasteiger partial charge < -0.3 is 5.84 Å². The fraction of sp³-hybridized carbons (Fsp3) is 0.0667. The lowest BCUT2D eigenvalue weighted by Gasteiger charge is -2.05. The molecule has 23 heavy (non-hydrogen) atoms. The highest BCUT2D eigenvalue weighted by Crippen LogP contribution is 2.28. The van der Waals surface area contributed by atoms with Crippen molar-refractivity contribution in [2.75, 3.05) is 5.84 Å². The molecule has 0 saturated heterocycles. The molecule has 0 atom stereocenters. The molecule has 0 spiro atoms. The molecule has 1 aromatic heterocycles. The van der Waals surface area contributed by atoms with Crippen LogP contribution in [0.1, 0.15) is 5.56 Å². The second-order valence-corrected chi connectivity index (χ2v) is 6.48. The summed E-state index contributed by atoms with van der Waals surface area (Å²) in [5.41, 5.74) is 1.69. The van der Waals surface area contributed by atoms with Crippen molar-refractivity contribution < 1.29 is 4.39 Å². The summed E-state index contributed by atoms with van der Waals surface area (Å²) in [6, 6.07) is 11.4. The lowest BCUT2D eigenvalue weighted by Crippen LogP contribution is -2.11. The molecule has 3 aromatic rings. The minimum Gasteiger partial charge on any atom is -0.335 e. The van der Waals surface area contributed by atoms with E-state index in [1.54, 1.807) is 24.3 Å². The van der Waals surface area contributed by atoms with E-state index in [0.29, 0.717) is 32.3 Å². The number of benzene rings is 2. The van der Waals surface area contributed by atoms with Crippen molar-refractivity contribution in [1.82, 2.24) is 14.9 Å². The van der Waals surface area contributed by atoms with Crippen LogP contribution >= 0.6 is 35.0 Å². The molecule has 118 valence electrons. The summed E-state index contributed by atoms with van der Waals surface area (Å²) in [6.45, 7) is 0. The lowest BCUT2D eigenvalue weighted by molar-refractivity contribution is 0.628. The number of nitrogen functional groups attached to an aromatic ring is 1. The van der Waals surface area contributed by atoms with E-state index in [1.165, 1.54) is 28.6 Å². The fourth-order valence-corrected chi connectivity index (χ4v) is 3.07. The van der Waals surface area contributed by atoms with Gasteiger partial charge in [0, 0.05) is 11.3 Å². The maximum Gasteiger partial charge on any atom is 0.210 e. The van der Waals surface area contributed by atoms with Gasteiger partial charge in [0.2, 0.25) is 5.16 Å². The Kier molecular flexibility index (Phi) is 4.75. The molecule has 0 amide bonds. The van der Waals surface area contributed by atoms with Crippen LogP contribution in [0.25, 0.3) is 11.4 Å². The van der Waals surface area contributed by atoms with E-state index >= 15 is 0 Å². The second kappa shape index (κ2) is 6.78. The fourth-order valence-electron chi connectivity index (χ4n) is 1.95. The van der Waals surface area contributed by atoms with Crippen LogP contribution in [0.15, 0.2) is 47.6 Å². The maximum atomic E-state index is 13.0. The molecule has 0 fully saturated rings. The van der Waals surface area contributed by atoms with Crippen LogP contribution in [-0.4, -0.2) is 14.9 Å². The van der Waals surface area contributed by atoms with E-state index in [-0.39, 0.29) is 5.82 Å². The van der Waals surface area contributed by atoms with Gasteiger partial charge in [0.25, 0.3) is 0 Å². The molecule has 8 heteroatoms. The van der Waals surface area contributed by atoms with Crippen molar-refractivity contribution in [3.8, 4) is 11.4 Å². The molecule has 4 nitrogen and oxygen atoms in total. The van der Waals surface area contributed by atoms with Crippen LogP contribution in [-0.2, 0) is 5.75 Å². The van der Waals surface area contributed by atoms with Crippen molar-refractivity contribution in [3.05, 3.63) is 63.9 Å². The Balaban J connectivity index is 1.76. The molecule has 2 aromatic carbocycles. The minimum absolute atomic E-state index is 0.314. The van der Waals surface area contributed by atoms with Crippen LogP contribution in [0, 0.1) is 5.82 Å². The van der Waals surface area contributed by atoms with E-state index in [9.17, 15) is 4.39 Å². The Hall–Kier alpha value is -1.76. The number of hydrogen-bond donors (Lipinski definition) is 1. The van der Waals surface area contributed by atoms with Crippen LogP contribution < -0.4 is 5.84 Å². The molecule has 0 saturated carbocycles. The summed E-state index contributed by atoms with van der Waals surface area (Å²) in [5.74, 6) is 6.80. The molecule has 0 aliphatic heterocycles. The average Bonchev–Trinajstić information content (AvgIpc) is 2.90. The minimum atomic E-state index is -0.314. The van der Waals surface area contributed by atoms with Crippen LogP contribution in [0.3, 0.4) is 0 Å². The van der Waals surface area contributed by atoms with E-state index < -0.39 is 0 Å². The molecule has 0 unspecified atom stereocenters. The third kappa shape index (κ3) is 3.60. The maximum absolute atomic E-state index is 13.0. The zero-order chi connectivity index (χ0) is 16.4. The molecule has 1 heterocycles. The Labute approximate surface area is 146 Å². The van der Waals surface area contributed by atoms with Crippen molar-refractivity contribution in [1.29, 1.82) is 0 Å². The Morgan fingerprint density at radius 2 is 1.78 bits per heavy atom. The summed E-state index contributed by atoms with van der Waals surface area (Å²) in [7, 11) is 0. The Morgan fingerprint density at radius 3 is 2.48 bits per heavy atom. The summed E-state index contributed by atoms with van der Waals surface area (Å²) < 4.78 is 14.4. The highest BCUT2D eigenvalue weighted by atomic mass is 35.5. The quantitative estimate of drug-likeness (QED) is 0.547. The molecule has 0 aliphatic carbocycles. The van der Waals surface area contributed by atoms with Gasteiger partial charge in [-0.2, -0.15) is 0 Å². The lowest BCUT2D eigenvalue weighted by atomic mass is 10.2. The van der Waals surface area contributed by atoms with E-state index in [2.05, 4.69) is 10.2 Å². The number of nitrogens with zero attached hydrogens (tertiary/aromatic N) is 3. The van der Waals surface area contributed by atoms with Gasteiger partial charge in [-0.15, -0.1) is 10.2 Å². The first-order chi connectivity index (χ1) is 11.0. The number of aromatic nitrogens is 3. The van der Waals surface area contributed by atoms with Crippen molar-refractivity contribution in [3.63, 3.8) is 0 Å². The van der Waals surface area contributed by atoms with E-state index in [0.717, 1.165) is 5.56 Å². The topological polar surface area (TPSA) is 56.7 Å². The number of halogens is 3. The molecule has 0 bridgehead atoms. The van der Waals surface area contributed by atoms with Crippen LogP contribution in [0.5, 0.6) is 0 Å². The van der Waals surface area contributed by atoms with Gasteiger partial charge in [-0.1, -0.05) is 41.0 Å². The summed E-state index contributed by atoms with van der Waals surface area (Å²) in [4.78, 5) is 0. The highest BCUT2D eigenvalue weighted by molar-refractivity contribution is 7.98. The standard InChI is InChI=1S/C15H11Cl2FN4S/c16-12-6-1-9(7-13(12)17)8-23-15-21-20-14(22(15)19)10-2-4-11(18)5-3-10/h1-7H,8,19H2. The van der Waals surface area contributed by atoms with Gasteiger partial charge >= 0.3 is 0 Å². The van der Waals surface area contributed by atoms with Crippen LogP contribution in [0.2, 0.25) is 10.0 Å². The van der Waals surface area contributed by atoms with Gasteiger partial charge in [0.15, 0.2) is 5.82 Å². The van der Waals surface area contributed by atoms with E-state index in [1.807, 2.05) is 6.07 Å². The number of rotatable bonds is 4. The second-order valence-electron chi connectivity index (χ2n) is 4.72. The molecule has 0 aliphatic rings.